The van der Waals surface area contributed by atoms with E-state index in [0.717, 1.165) is 12.1 Å². The molecule has 3 heterocycles. The van der Waals surface area contributed by atoms with Crippen molar-refractivity contribution in [3.05, 3.63) is 35.4 Å². The van der Waals surface area contributed by atoms with Gasteiger partial charge in [0.15, 0.2) is 6.79 Å². The van der Waals surface area contributed by atoms with Gasteiger partial charge in [-0.15, -0.1) is 5.10 Å². The van der Waals surface area contributed by atoms with Crippen molar-refractivity contribution in [2.45, 2.75) is 38.9 Å². The number of hydrogen-bond acceptors (Lipinski definition) is 6. The van der Waals surface area contributed by atoms with Gasteiger partial charge in [-0.2, -0.15) is 23.1 Å². The lowest BCUT2D eigenvalue weighted by Crippen LogP contribution is -2.38. The fourth-order valence-electron chi connectivity index (χ4n) is 3.85. The van der Waals surface area contributed by atoms with E-state index in [2.05, 4.69) is 15.2 Å². The first kappa shape index (κ1) is 23.0. The molecule has 2 aromatic heterocycles. The molecule has 1 aliphatic rings. The highest BCUT2D eigenvalue weighted by atomic mass is 19.4. The van der Waals surface area contributed by atoms with Crippen LogP contribution >= 0.6 is 0 Å². The van der Waals surface area contributed by atoms with Crippen molar-refractivity contribution in [3.8, 4) is 17.0 Å². The summed E-state index contributed by atoms with van der Waals surface area (Å²) in [5, 5.41) is 8.97. The number of carbonyl (C=O) groups excluding carboxylic acids is 1. The molecule has 1 amide bonds. The van der Waals surface area contributed by atoms with Crippen LogP contribution in [0.15, 0.2) is 24.3 Å². The van der Waals surface area contributed by atoms with Crippen LogP contribution in [0.5, 0.6) is 5.75 Å². The van der Waals surface area contributed by atoms with Crippen LogP contribution in [-0.2, 0) is 15.7 Å². The molecule has 0 aliphatic carbocycles. The Morgan fingerprint density at radius 3 is 2.70 bits per heavy atom. The van der Waals surface area contributed by atoms with Crippen molar-refractivity contribution in [3.63, 3.8) is 0 Å². The second-order valence-corrected chi connectivity index (χ2v) is 7.95. The fourth-order valence-corrected chi connectivity index (χ4v) is 3.85. The second kappa shape index (κ2) is 8.97. The summed E-state index contributed by atoms with van der Waals surface area (Å²) < 4.78 is 50.8. The van der Waals surface area contributed by atoms with E-state index in [9.17, 15) is 18.0 Å². The first-order valence-electron chi connectivity index (χ1n) is 10.6. The molecule has 0 unspecified atom stereocenters. The molecule has 1 aromatic carbocycles. The Morgan fingerprint density at radius 2 is 2.00 bits per heavy atom. The summed E-state index contributed by atoms with van der Waals surface area (Å²) in [6, 6.07) is 5.37. The average Bonchev–Trinajstić information content (AvgIpc) is 3.18. The van der Waals surface area contributed by atoms with Gasteiger partial charge in [0.25, 0.3) is 0 Å². The third-order valence-corrected chi connectivity index (χ3v) is 5.57. The number of aryl methyl sites for hydroxylation is 1. The zero-order valence-electron chi connectivity index (χ0n) is 18.5. The van der Waals surface area contributed by atoms with Crippen molar-refractivity contribution in [2.24, 2.45) is 0 Å². The van der Waals surface area contributed by atoms with Crippen molar-refractivity contribution < 1.29 is 27.4 Å². The summed E-state index contributed by atoms with van der Waals surface area (Å²) in [5.74, 6) is 0.114. The van der Waals surface area contributed by atoms with Crippen LogP contribution < -0.4 is 4.74 Å². The molecular weight excluding hydrogens is 439 g/mol. The van der Waals surface area contributed by atoms with Crippen LogP contribution in [0.1, 0.15) is 36.9 Å². The third-order valence-electron chi connectivity index (χ3n) is 5.57. The summed E-state index contributed by atoms with van der Waals surface area (Å²) in [4.78, 5) is 19.5. The Balaban J connectivity index is 1.72. The quantitative estimate of drug-likeness (QED) is 0.406. The van der Waals surface area contributed by atoms with Gasteiger partial charge in [0.05, 0.1) is 17.3 Å². The van der Waals surface area contributed by atoms with E-state index in [1.807, 2.05) is 0 Å². The molecule has 1 fully saturated rings. The van der Waals surface area contributed by atoms with Crippen LogP contribution in [0.2, 0.25) is 0 Å². The summed E-state index contributed by atoms with van der Waals surface area (Å²) in [6.07, 6.45) is -3.46. The summed E-state index contributed by atoms with van der Waals surface area (Å²) in [6.45, 7) is 4.02. The number of amides is 1. The fraction of sp³-hybridized carbons (Fsp3) is 0.455. The summed E-state index contributed by atoms with van der Waals surface area (Å²) >= 11 is 0. The summed E-state index contributed by atoms with van der Waals surface area (Å²) in [7, 11) is 1.74. The lowest BCUT2D eigenvalue weighted by molar-refractivity contribution is -0.137. The maximum Gasteiger partial charge on any atom is 0.416 e. The minimum Gasteiger partial charge on any atom is -0.467 e. The van der Waals surface area contributed by atoms with Gasteiger partial charge in [-0.3, -0.25) is 4.79 Å². The Bertz CT molecular complexity index is 1180. The van der Waals surface area contributed by atoms with E-state index in [0.29, 0.717) is 54.0 Å². The molecular formula is C22H24F3N5O3. The molecule has 176 valence electrons. The lowest BCUT2D eigenvalue weighted by atomic mass is 10.00. The number of halogens is 3. The van der Waals surface area contributed by atoms with Crippen molar-refractivity contribution in [2.75, 3.05) is 27.0 Å². The second-order valence-electron chi connectivity index (χ2n) is 7.95. The van der Waals surface area contributed by atoms with E-state index in [-0.39, 0.29) is 24.5 Å². The highest BCUT2D eigenvalue weighted by Gasteiger charge is 2.33. The molecule has 1 aliphatic heterocycles. The number of fused-ring (bicyclic) bond motifs is 1. The molecule has 33 heavy (non-hydrogen) atoms. The molecule has 8 nitrogen and oxygen atoms in total. The van der Waals surface area contributed by atoms with Crippen LogP contribution in [-0.4, -0.2) is 57.8 Å². The topological polar surface area (TPSA) is 82.4 Å². The number of piperidine rings is 1. The molecule has 0 bridgehead atoms. The largest absolute Gasteiger partial charge is 0.467 e. The number of ether oxygens (including phenoxy) is 2. The maximum atomic E-state index is 13.4. The van der Waals surface area contributed by atoms with E-state index in [1.54, 1.807) is 42.7 Å². The molecule has 0 saturated carbocycles. The highest BCUT2D eigenvalue weighted by molar-refractivity contribution is 5.79. The number of pyridine rings is 1. The standard InChI is InChI=1S/C22H24F3N5O3/c1-4-32-12-33-18-10-14(22(23,24)25)9-13(2)20(18)16-6-7-17-21(26-16)28-30(27-17)15-5-8-19(31)29(3)11-15/h6-7,9-10,15H,4-5,8,11-12H2,1-3H3/t15-/m1/s1. The maximum absolute atomic E-state index is 13.4. The van der Waals surface area contributed by atoms with Gasteiger partial charge < -0.3 is 14.4 Å². The Labute approximate surface area is 188 Å². The van der Waals surface area contributed by atoms with Gasteiger partial charge >= 0.3 is 6.18 Å². The number of likely N-dealkylation sites (tertiary alicyclic amines) is 1. The van der Waals surface area contributed by atoms with Gasteiger partial charge in [-0.1, -0.05) is 0 Å². The highest BCUT2D eigenvalue weighted by Crippen LogP contribution is 2.39. The first-order valence-corrected chi connectivity index (χ1v) is 10.6. The number of nitrogens with zero attached hydrogens (tertiary/aromatic N) is 5. The normalized spacial score (nSPS) is 17.1. The third kappa shape index (κ3) is 4.77. The van der Waals surface area contributed by atoms with Crippen molar-refractivity contribution in [1.82, 2.24) is 24.9 Å². The minimum absolute atomic E-state index is 0.0300. The van der Waals surface area contributed by atoms with Crippen LogP contribution in [0.3, 0.4) is 0 Å². The number of hydrogen-bond donors (Lipinski definition) is 0. The van der Waals surface area contributed by atoms with Crippen molar-refractivity contribution in [1.29, 1.82) is 0 Å². The monoisotopic (exact) mass is 463 g/mol. The first-order chi connectivity index (χ1) is 15.7. The van der Waals surface area contributed by atoms with Gasteiger partial charge in [0.1, 0.15) is 11.3 Å². The number of aromatic nitrogens is 4. The smallest absolute Gasteiger partial charge is 0.416 e. The molecule has 3 aromatic rings. The number of likely N-dealkylation sites (N-methyl/N-ethyl adjacent to an activating group) is 1. The SMILES string of the molecule is CCOCOc1cc(C(F)(F)F)cc(C)c1-c1ccc2nn([C@@H]3CCC(=O)N(C)C3)nc2n1. The molecule has 0 N–H and O–H groups in total. The van der Waals surface area contributed by atoms with Crippen LogP contribution in [0.4, 0.5) is 13.2 Å². The predicted molar refractivity (Wildman–Crippen MR) is 114 cm³/mol. The summed E-state index contributed by atoms with van der Waals surface area (Å²) in [5.41, 5.74) is 1.33. The predicted octanol–water partition coefficient (Wildman–Crippen LogP) is 3.99. The van der Waals surface area contributed by atoms with E-state index in [1.165, 1.54) is 0 Å². The Hall–Kier alpha value is -3.21. The van der Waals surface area contributed by atoms with Gasteiger partial charge in [-0.25, -0.2) is 4.98 Å². The van der Waals surface area contributed by atoms with Gasteiger partial charge in [-0.05, 0) is 50.1 Å². The minimum atomic E-state index is -4.51. The Morgan fingerprint density at radius 1 is 1.21 bits per heavy atom. The van der Waals surface area contributed by atoms with Crippen molar-refractivity contribution >= 4 is 17.1 Å². The lowest BCUT2D eigenvalue weighted by Gasteiger charge is -2.28. The molecule has 1 atom stereocenters. The molecule has 0 spiro atoms. The van der Waals surface area contributed by atoms with Gasteiger partial charge in [0, 0.05) is 32.2 Å². The molecule has 1 saturated heterocycles. The molecule has 0 radical (unpaired) electrons. The Kier molecular flexibility index (Phi) is 6.24. The molecule has 11 heteroatoms. The zero-order valence-corrected chi connectivity index (χ0v) is 18.5. The number of benzene rings is 1. The molecule has 4 rings (SSSR count). The van der Waals surface area contributed by atoms with E-state index >= 15 is 0 Å². The number of alkyl halides is 3. The average molecular weight is 463 g/mol. The number of carbonyl (C=O) groups is 1. The van der Waals surface area contributed by atoms with E-state index in [4.69, 9.17) is 9.47 Å². The number of rotatable bonds is 6. The van der Waals surface area contributed by atoms with Gasteiger partial charge in [0.2, 0.25) is 11.6 Å². The zero-order chi connectivity index (χ0) is 23.8. The van der Waals surface area contributed by atoms with Crippen LogP contribution in [0, 0.1) is 6.92 Å². The van der Waals surface area contributed by atoms with Crippen LogP contribution in [0.25, 0.3) is 22.4 Å². The van der Waals surface area contributed by atoms with E-state index < -0.39 is 11.7 Å².